The van der Waals surface area contributed by atoms with Gasteiger partial charge in [0.1, 0.15) is 6.04 Å². The van der Waals surface area contributed by atoms with Gasteiger partial charge in [0, 0.05) is 12.1 Å². The maximum Gasteiger partial charge on any atom is 0.418 e. The number of piperidine rings is 1. The number of hydroxylamine groups is 3. The fourth-order valence-corrected chi connectivity index (χ4v) is 2.85. The highest BCUT2D eigenvalue weighted by Gasteiger charge is 2.49. The van der Waals surface area contributed by atoms with Gasteiger partial charge in [0.2, 0.25) is 0 Å². The molecular weight excluding hydrogens is 332 g/mol. The fraction of sp³-hybridized carbons (Fsp3) is 0.818. The van der Waals surface area contributed by atoms with Crippen molar-refractivity contribution in [3.05, 3.63) is 0 Å². The third-order valence-corrected chi connectivity index (χ3v) is 3.77. The lowest BCUT2D eigenvalue weighted by Gasteiger charge is -2.29. The molecule has 2 aliphatic rings. The van der Waals surface area contributed by atoms with Crippen LogP contribution in [0.15, 0.2) is 0 Å². The number of nitrogens with one attached hydrogen (secondary N) is 1. The van der Waals surface area contributed by atoms with E-state index in [1.807, 2.05) is 0 Å². The van der Waals surface area contributed by atoms with Gasteiger partial charge >= 0.3 is 16.4 Å². The average Bonchev–Trinajstić information content (AvgIpc) is 2.61. The number of hydrogen-bond donors (Lipinski definition) is 3. The highest BCUT2D eigenvalue weighted by Crippen LogP contribution is 2.30. The molecule has 0 saturated carbocycles. The summed E-state index contributed by atoms with van der Waals surface area (Å²) in [6.45, 7) is 3.65. The predicted molar refractivity (Wildman–Crippen MR) is 75.7 cm³/mol. The summed E-state index contributed by atoms with van der Waals surface area (Å²) in [4.78, 5) is 30.4. The molecule has 2 bridgehead atoms. The molecule has 11 nitrogen and oxygen atoms in total. The van der Waals surface area contributed by atoms with E-state index in [0.29, 0.717) is 17.9 Å². The smallest absolute Gasteiger partial charge is 0.324 e. The molecule has 0 aromatic carbocycles. The minimum absolute atomic E-state index is 0.0834. The van der Waals surface area contributed by atoms with Crippen LogP contribution >= 0.6 is 0 Å². The number of carbonyl (C=O) groups excluding carboxylic acids is 2. The van der Waals surface area contributed by atoms with Crippen LogP contribution in [-0.4, -0.2) is 65.6 Å². The normalized spacial score (nSPS) is 25.0. The number of fused-ring (bicyclic) bond motifs is 2. The molecular formula is C11H20N4O7S. The predicted octanol–water partition coefficient (Wildman–Crippen LogP) is -1.23. The Morgan fingerprint density at radius 3 is 2.70 bits per heavy atom. The van der Waals surface area contributed by atoms with Crippen LogP contribution < -0.4 is 11.2 Å². The fourth-order valence-electron chi connectivity index (χ4n) is 2.47. The summed E-state index contributed by atoms with van der Waals surface area (Å²) in [5, 5.41) is 0.576. The lowest BCUT2D eigenvalue weighted by molar-refractivity contribution is -0.140. The molecule has 0 aliphatic carbocycles. The number of rotatable bonds is 6. The minimum atomic E-state index is -4.81. The van der Waals surface area contributed by atoms with Crippen LogP contribution in [0.5, 0.6) is 0 Å². The van der Waals surface area contributed by atoms with E-state index in [2.05, 4.69) is 9.76 Å². The van der Waals surface area contributed by atoms with E-state index in [4.69, 9.17) is 15.1 Å². The first-order valence-electron chi connectivity index (χ1n) is 6.95. The molecule has 132 valence electrons. The van der Waals surface area contributed by atoms with E-state index < -0.39 is 40.0 Å². The first-order chi connectivity index (χ1) is 10.5. The molecule has 0 spiro atoms. The first kappa shape index (κ1) is 17.9. The monoisotopic (exact) mass is 352 g/mol. The molecule has 3 amide bonds. The van der Waals surface area contributed by atoms with E-state index in [1.54, 1.807) is 13.8 Å². The van der Waals surface area contributed by atoms with Crippen molar-refractivity contribution in [2.75, 3.05) is 13.2 Å². The molecule has 2 atom stereocenters. The standard InChI is InChI=1S/C11H20N4O7S/c1-11(2,12)6-21-13-9(16)8-4-3-7-5-14(8)10(17)15(7)22-23(18,19)20/h7-8H,3-6,12H2,1-2H3,(H,13,16)(H,18,19,20)/t7-,8+/m1/s1. The van der Waals surface area contributed by atoms with Crippen LogP contribution in [0.2, 0.25) is 0 Å². The molecule has 2 saturated heterocycles. The van der Waals surface area contributed by atoms with Gasteiger partial charge in [-0.1, -0.05) is 0 Å². The number of hydrogen-bond acceptors (Lipinski definition) is 7. The second-order valence-corrected chi connectivity index (χ2v) is 7.26. The lowest BCUT2D eigenvalue weighted by atomic mass is 10.0. The zero-order chi connectivity index (χ0) is 17.4. The molecule has 12 heteroatoms. The summed E-state index contributed by atoms with van der Waals surface area (Å²) in [5.74, 6) is -0.533. The maximum atomic E-state index is 12.1. The summed E-state index contributed by atoms with van der Waals surface area (Å²) in [5.41, 5.74) is 7.32. The van der Waals surface area contributed by atoms with Gasteiger partial charge in [-0.15, -0.1) is 4.28 Å². The second kappa shape index (κ2) is 6.20. The van der Waals surface area contributed by atoms with Crippen LogP contribution in [0.3, 0.4) is 0 Å². The average molecular weight is 352 g/mol. The van der Waals surface area contributed by atoms with Crippen LogP contribution in [0.1, 0.15) is 26.7 Å². The van der Waals surface area contributed by atoms with Crippen molar-refractivity contribution in [2.24, 2.45) is 5.73 Å². The van der Waals surface area contributed by atoms with Gasteiger partial charge < -0.3 is 10.6 Å². The number of carbonyl (C=O) groups is 2. The molecule has 4 N–H and O–H groups in total. The summed E-state index contributed by atoms with van der Waals surface area (Å²) >= 11 is 0. The summed E-state index contributed by atoms with van der Waals surface area (Å²) in [7, 11) is -4.81. The molecule has 0 aromatic heterocycles. The molecule has 2 aliphatic heterocycles. The molecule has 2 fully saturated rings. The van der Waals surface area contributed by atoms with Crippen molar-refractivity contribution in [1.82, 2.24) is 15.4 Å². The third-order valence-electron chi connectivity index (χ3n) is 3.42. The second-order valence-electron chi connectivity index (χ2n) is 6.25. The Hall–Kier alpha value is -1.47. The van der Waals surface area contributed by atoms with Crippen molar-refractivity contribution in [3.63, 3.8) is 0 Å². The topological polar surface area (TPSA) is 151 Å². The van der Waals surface area contributed by atoms with Crippen molar-refractivity contribution in [1.29, 1.82) is 0 Å². The van der Waals surface area contributed by atoms with Gasteiger partial charge in [0.15, 0.2) is 0 Å². The van der Waals surface area contributed by atoms with E-state index in [0.717, 1.165) is 0 Å². The largest absolute Gasteiger partial charge is 0.418 e. The number of urea groups is 1. The van der Waals surface area contributed by atoms with Crippen LogP contribution in [0, 0.1) is 0 Å². The number of amides is 3. The Morgan fingerprint density at radius 2 is 2.13 bits per heavy atom. The van der Waals surface area contributed by atoms with Crippen molar-refractivity contribution >= 4 is 22.3 Å². The third kappa shape index (κ3) is 4.51. The van der Waals surface area contributed by atoms with Crippen molar-refractivity contribution in [3.8, 4) is 0 Å². The molecule has 0 unspecified atom stereocenters. The Morgan fingerprint density at radius 1 is 1.48 bits per heavy atom. The van der Waals surface area contributed by atoms with E-state index in [1.165, 1.54) is 4.90 Å². The van der Waals surface area contributed by atoms with Gasteiger partial charge in [0.05, 0.1) is 12.6 Å². The Labute approximate surface area is 133 Å². The van der Waals surface area contributed by atoms with Gasteiger partial charge in [0.25, 0.3) is 5.91 Å². The lowest BCUT2D eigenvalue weighted by Crippen LogP contribution is -2.51. The van der Waals surface area contributed by atoms with Gasteiger partial charge in [-0.3, -0.25) is 14.2 Å². The Kier molecular flexibility index (Phi) is 4.82. The summed E-state index contributed by atoms with van der Waals surface area (Å²) in [6, 6.07) is -2.16. The quantitative estimate of drug-likeness (QED) is 0.397. The van der Waals surface area contributed by atoms with Crippen LogP contribution in [0.4, 0.5) is 4.79 Å². The Bertz CT molecular complexity index is 588. The molecule has 2 rings (SSSR count). The SMILES string of the molecule is CC(C)(N)CONC(=O)[C@@H]1CC[C@@H]2CN1C(=O)N2OS(=O)(=O)O. The minimum Gasteiger partial charge on any atom is -0.324 e. The maximum absolute atomic E-state index is 12.1. The highest BCUT2D eigenvalue weighted by molar-refractivity contribution is 7.80. The number of nitrogens with two attached hydrogens (primary N) is 1. The van der Waals surface area contributed by atoms with E-state index in [9.17, 15) is 18.0 Å². The summed E-state index contributed by atoms with van der Waals surface area (Å²) < 4.78 is 34.5. The molecule has 0 radical (unpaired) electrons. The van der Waals surface area contributed by atoms with Crippen molar-refractivity contribution < 1.29 is 31.7 Å². The molecule has 0 aromatic rings. The zero-order valence-electron chi connectivity index (χ0n) is 12.8. The zero-order valence-corrected chi connectivity index (χ0v) is 13.6. The molecule has 23 heavy (non-hydrogen) atoms. The van der Waals surface area contributed by atoms with Gasteiger partial charge in [-0.2, -0.15) is 13.5 Å². The summed E-state index contributed by atoms with van der Waals surface area (Å²) in [6.07, 6.45) is 0.654. The van der Waals surface area contributed by atoms with E-state index >= 15 is 0 Å². The van der Waals surface area contributed by atoms with Crippen LogP contribution in [-0.2, 0) is 24.3 Å². The first-order valence-corrected chi connectivity index (χ1v) is 8.32. The highest BCUT2D eigenvalue weighted by atomic mass is 32.3. The van der Waals surface area contributed by atoms with E-state index in [-0.39, 0.29) is 13.2 Å². The van der Waals surface area contributed by atoms with Gasteiger partial charge in [-0.05, 0) is 26.7 Å². The van der Waals surface area contributed by atoms with Gasteiger partial charge in [-0.25, -0.2) is 10.3 Å². The Balaban J connectivity index is 1.97. The number of nitrogens with zero attached hydrogens (tertiary/aromatic N) is 2. The van der Waals surface area contributed by atoms with Crippen molar-refractivity contribution in [2.45, 2.75) is 44.3 Å². The molecule has 2 heterocycles. The van der Waals surface area contributed by atoms with Crippen LogP contribution in [0.25, 0.3) is 0 Å².